The summed E-state index contributed by atoms with van der Waals surface area (Å²) in [6.07, 6.45) is 4.80. The SMILES string of the molecule is CCC(=O)Nc1cccc(C(=O)NC2CCCCC2CN)c1. The molecule has 1 saturated carbocycles. The second-order valence-corrected chi connectivity index (χ2v) is 5.84. The molecule has 2 rings (SSSR count). The fourth-order valence-electron chi connectivity index (χ4n) is 2.92. The van der Waals surface area contributed by atoms with E-state index in [-0.39, 0.29) is 17.9 Å². The molecule has 0 spiro atoms. The Morgan fingerprint density at radius 3 is 2.77 bits per heavy atom. The molecule has 0 radical (unpaired) electrons. The van der Waals surface area contributed by atoms with Gasteiger partial charge in [0, 0.05) is 23.7 Å². The van der Waals surface area contributed by atoms with Gasteiger partial charge in [0.05, 0.1) is 0 Å². The van der Waals surface area contributed by atoms with Crippen LogP contribution in [0.2, 0.25) is 0 Å². The molecule has 1 aromatic carbocycles. The smallest absolute Gasteiger partial charge is 0.251 e. The van der Waals surface area contributed by atoms with Crippen LogP contribution in [0, 0.1) is 5.92 Å². The first-order valence-electron chi connectivity index (χ1n) is 8.05. The van der Waals surface area contributed by atoms with Crippen LogP contribution in [0.5, 0.6) is 0 Å². The molecule has 5 nitrogen and oxygen atoms in total. The average Bonchev–Trinajstić information content (AvgIpc) is 2.55. The lowest BCUT2D eigenvalue weighted by Gasteiger charge is -2.31. The maximum atomic E-state index is 12.4. The van der Waals surface area contributed by atoms with Gasteiger partial charge in [-0.2, -0.15) is 0 Å². The number of nitrogens with one attached hydrogen (secondary N) is 2. The summed E-state index contributed by atoms with van der Waals surface area (Å²) in [5, 5.41) is 5.87. The lowest BCUT2D eigenvalue weighted by Crippen LogP contribution is -2.44. The van der Waals surface area contributed by atoms with E-state index in [1.165, 1.54) is 6.42 Å². The molecule has 2 amide bonds. The molecule has 1 fully saturated rings. The van der Waals surface area contributed by atoms with E-state index < -0.39 is 0 Å². The number of carbonyl (C=O) groups excluding carboxylic acids is 2. The van der Waals surface area contributed by atoms with Crippen molar-refractivity contribution in [2.75, 3.05) is 11.9 Å². The van der Waals surface area contributed by atoms with E-state index in [0.717, 1.165) is 19.3 Å². The van der Waals surface area contributed by atoms with Crippen LogP contribution in [0.25, 0.3) is 0 Å². The van der Waals surface area contributed by atoms with Gasteiger partial charge < -0.3 is 16.4 Å². The number of anilines is 1. The van der Waals surface area contributed by atoms with Crippen molar-refractivity contribution < 1.29 is 9.59 Å². The standard InChI is InChI=1S/C17H25N3O2/c1-2-16(21)19-14-8-5-7-12(10-14)17(22)20-15-9-4-3-6-13(15)11-18/h5,7-8,10,13,15H,2-4,6,9,11,18H2,1H3,(H,19,21)(H,20,22). The summed E-state index contributed by atoms with van der Waals surface area (Å²) in [6.45, 7) is 2.40. The Hall–Kier alpha value is -1.88. The summed E-state index contributed by atoms with van der Waals surface area (Å²) >= 11 is 0. The van der Waals surface area contributed by atoms with E-state index in [0.29, 0.717) is 30.1 Å². The summed E-state index contributed by atoms with van der Waals surface area (Å²) < 4.78 is 0. The third-order valence-electron chi connectivity index (χ3n) is 4.26. The van der Waals surface area contributed by atoms with Gasteiger partial charge in [-0.1, -0.05) is 25.8 Å². The van der Waals surface area contributed by atoms with Crippen LogP contribution in [0.15, 0.2) is 24.3 Å². The highest BCUT2D eigenvalue weighted by molar-refractivity contribution is 5.97. The molecule has 0 aromatic heterocycles. The molecule has 0 aliphatic heterocycles. The van der Waals surface area contributed by atoms with E-state index in [4.69, 9.17) is 5.73 Å². The Bertz CT molecular complexity index is 530. The highest BCUT2D eigenvalue weighted by Gasteiger charge is 2.25. The monoisotopic (exact) mass is 303 g/mol. The van der Waals surface area contributed by atoms with E-state index >= 15 is 0 Å². The molecule has 1 aromatic rings. The first-order chi connectivity index (χ1) is 10.6. The molecule has 0 bridgehead atoms. The van der Waals surface area contributed by atoms with Gasteiger partial charge in [-0.3, -0.25) is 9.59 Å². The zero-order chi connectivity index (χ0) is 15.9. The molecule has 1 aliphatic carbocycles. The Balaban J connectivity index is 2.02. The summed E-state index contributed by atoms with van der Waals surface area (Å²) in [6, 6.07) is 7.19. The van der Waals surface area contributed by atoms with Gasteiger partial charge in [0.25, 0.3) is 5.91 Å². The predicted molar refractivity (Wildman–Crippen MR) is 87.6 cm³/mol. The molecule has 0 saturated heterocycles. The van der Waals surface area contributed by atoms with Gasteiger partial charge in [0.15, 0.2) is 0 Å². The highest BCUT2D eigenvalue weighted by Crippen LogP contribution is 2.24. The number of carbonyl (C=O) groups is 2. The van der Waals surface area contributed by atoms with Crippen LogP contribution in [0.4, 0.5) is 5.69 Å². The van der Waals surface area contributed by atoms with Crippen molar-refractivity contribution in [2.45, 2.75) is 45.1 Å². The molecule has 0 heterocycles. The number of nitrogens with two attached hydrogens (primary N) is 1. The van der Waals surface area contributed by atoms with Crippen molar-refractivity contribution in [3.8, 4) is 0 Å². The predicted octanol–water partition coefficient (Wildman–Crippen LogP) is 2.28. The first-order valence-corrected chi connectivity index (χ1v) is 8.05. The highest BCUT2D eigenvalue weighted by atomic mass is 16.2. The molecule has 2 unspecified atom stereocenters. The van der Waals surface area contributed by atoms with E-state index in [1.807, 2.05) is 0 Å². The number of benzene rings is 1. The van der Waals surface area contributed by atoms with E-state index in [2.05, 4.69) is 10.6 Å². The van der Waals surface area contributed by atoms with Crippen molar-refractivity contribution in [3.05, 3.63) is 29.8 Å². The summed E-state index contributed by atoms with van der Waals surface area (Å²) in [4.78, 5) is 23.9. The second kappa shape index (κ2) is 7.94. The zero-order valence-electron chi connectivity index (χ0n) is 13.1. The molecular weight excluding hydrogens is 278 g/mol. The molecule has 1 aliphatic rings. The van der Waals surface area contributed by atoms with Gasteiger partial charge in [0.2, 0.25) is 5.91 Å². The second-order valence-electron chi connectivity index (χ2n) is 5.84. The van der Waals surface area contributed by atoms with E-state index in [9.17, 15) is 9.59 Å². The lowest BCUT2D eigenvalue weighted by molar-refractivity contribution is -0.115. The molecule has 5 heteroatoms. The van der Waals surface area contributed by atoms with Gasteiger partial charge in [-0.25, -0.2) is 0 Å². The van der Waals surface area contributed by atoms with Crippen molar-refractivity contribution >= 4 is 17.5 Å². The van der Waals surface area contributed by atoms with Gasteiger partial charge in [-0.15, -0.1) is 0 Å². The fourth-order valence-corrected chi connectivity index (χ4v) is 2.92. The van der Waals surface area contributed by atoms with Crippen LogP contribution in [0.3, 0.4) is 0 Å². The van der Waals surface area contributed by atoms with Crippen molar-refractivity contribution in [1.82, 2.24) is 5.32 Å². The minimum Gasteiger partial charge on any atom is -0.349 e. The number of rotatable bonds is 5. The molecular formula is C17H25N3O2. The minimum absolute atomic E-state index is 0.0620. The molecule has 120 valence electrons. The minimum atomic E-state index is -0.0991. The molecule has 22 heavy (non-hydrogen) atoms. The Morgan fingerprint density at radius 2 is 2.05 bits per heavy atom. The van der Waals surface area contributed by atoms with Gasteiger partial charge >= 0.3 is 0 Å². The Kier molecular flexibility index (Phi) is 5.95. The normalized spacial score (nSPS) is 21.2. The largest absolute Gasteiger partial charge is 0.349 e. The van der Waals surface area contributed by atoms with Crippen LogP contribution in [0.1, 0.15) is 49.4 Å². The van der Waals surface area contributed by atoms with Crippen LogP contribution in [-0.2, 0) is 4.79 Å². The molecule has 4 N–H and O–H groups in total. The maximum Gasteiger partial charge on any atom is 0.251 e. The number of amides is 2. The van der Waals surface area contributed by atoms with Gasteiger partial charge in [0.1, 0.15) is 0 Å². The summed E-state index contributed by atoms with van der Waals surface area (Å²) in [5.74, 6) is 0.201. The summed E-state index contributed by atoms with van der Waals surface area (Å²) in [7, 11) is 0. The Labute approximate surface area is 131 Å². The third kappa shape index (κ3) is 4.31. The van der Waals surface area contributed by atoms with E-state index in [1.54, 1.807) is 31.2 Å². The fraction of sp³-hybridized carbons (Fsp3) is 0.529. The van der Waals surface area contributed by atoms with Crippen molar-refractivity contribution in [1.29, 1.82) is 0 Å². The maximum absolute atomic E-state index is 12.4. The average molecular weight is 303 g/mol. The topological polar surface area (TPSA) is 84.2 Å². The summed E-state index contributed by atoms with van der Waals surface area (Å²) in [5.41, 5.74) is 7.02. The molecule has 2 atom stereocenters. The van der Waals surface area contributed by atoms with Crippen LogP contribution < -0.4 is 16.4 Å². The third-order valence-corrected chi connectivity index (χ3v) is 4.26. The Morgan fingerprint density at radius 1 is 1.27 bits per heavy atom. The van der Waals surface area contributed by atoms with Gasteiger partial charge in [-0.05, 0) is 43.5 Å². The number of hydrogen-bond acceptors (Lipinski definition) is 3. The zero-order valence-corrected chi connectivity index (χ0v) is 13.1. The van der Waals surface area contributed by atoms with Crippen LogP contribution in [-0.4, -0.2) is 24.4 Å². The number of hydrogen-bond donors (Lipinski definition) is 3. The first kappa shape index (κ1) is 16.5. The van der Waals surface area contributed by atoms with Crippen molar-refractivity contribution in [2.24, 2.45) is 11.7 Å². The van der Waals surface area contributed by atoms with Crippen molar-refractivity contribution in [3.63, 3.8) is 0 Å². The van der Waals surface area contributed by atoms with Crippen LogP contribution >= 0.6 is 0 Å². The quantitative estimate of drug-likeness (QED) is 0.780. The lowest BCUT2D eigenvalue weighted by atomic mass is 9.84.